The van der Waals surface area contributed by atoms with E-state index in [1.165, 1.54) is 0 Å². The molecule has 22 heavy (non-hydrogen) atoms. The van der Waals surface area contributed by atoms with Gasteiger partial charge in [0.1, 0.15) is 5.03 Å². The Morgan fingerprint density at radius 3 is 2.32 bits per heavy atom. The minimum Gasteiger partial charge on any atom is -0.340 e. The fourth-order valence-electron chi connectivity index (χ4n) is 2.49. The van der Waals surface area contributed by atoms with Gasteiger partial charge in [-0.05, 0) is 65.9 Å². The molecular formula is C17H22BrNO2S. The summed E-state index contributed by atoms with van der Waals surface area (Å²) in [6.07, 6.45) is 4.00. The van der Waals surface area contributed by atoms with Crippen LogP contribution < -0.4 is 0 Å². The monoisotopic (exact) mass is 383 g/mol. The SMILES string of the molecule is CCCCCc1c(S(=O)(=O)c2ccc(C)cc2)[nH]c(Br)c1C. The normalized spacial score (nSPS) is 11.8. The fourth-order valence-corrected chi connectivity index (χ4v) is 4.60. The van der Waals surface area contributed by atoms with Gasteiger partial charge in [0.2, 0.25) is 9.84 Å². The summed E-state index contributed by atoms with van der Waals surface area (Å²) in [4.78, 5) is 3.36. The Morgan fingerprint density at radius 2 is 1.73 bits per heavy atom. The van der Waals surface area contributed by atoms with Crippen LogP contribution in [0.2, 0.25) is 0 Å². The first-order chi connectivity index (χ1) is 10.4. The lowest BCUT2D eigenvalue weighted by atomic mass is 10.1. The van der Waals surface area contributed by atoms with E-state index in [9.17, 15) is 8.42 Å². The molecule has 0 saturated heterocycles. The van der Waals surface area contributed by atoms with Gasteiger partial charge in [-0.25, -0.2) is 8.42 Å². The van der Waals surface area contributed by atoms with Crippen molar-refractivity contribution in [1.29, 1.82) is 0 Å². The second-order valence-corrected chi connectivity index (χ2v) is 8.32. The second-order valence-electron chi connectivity index (χ2n) is 5.65. The predicted molar refractivity (Wildman–Crippen MR) is 93.1 cm³/mol. The van der Waals surface area contributed by atoms with Crippen molar-refractivity contribution in [3.05, 3.63) is 45.6 Å². The van der Waals surface area contributed by atoms with E-state index in [1.54, 1.807) is 12.1 Å². The number of aromatic nitrogens is 1. The molecule has 0 bridgehead atoms. The van der Waals surface area contributed by atoms with E-state index in [0.717, 1.165) is 47.0 Å². The van der Waals surface area contributed by atoms with Gasteiger partial charge in [-0.15, -0.1) is 0 Å². The van der Waals surface area contributed by atoms with Gasteiger partial charge in [-0.1, -0.05) is 37.5 Å². The number of sulfone groups is 1. The van der Waals surface area contributed by atoms with Crippen molar-refractivity contribution < 1.29 is 8.42 Å². The Kier molecular flexibility index (Phi) is 5.50. The molecule has 1 aromatic heterocycles. The number of halogens is 1. The van der Waals surface area contributed by atoms with Crippen LogP contribution in [0, 0.1) is 13.8 Å². The maximum Gasteiger partial charge on any atom is 0.222 e. The summed E-state index contributed by atoms with van der Waals surface area (Å²) in [5, 5.41) is 0.330. The zero-order valence-electron chi connectivity index (χ0n) is 13.2. The highest BCUT2D eigenvalue weighted by molar-refractivity contribution is 9.10. The van der Waals surface area contributed by atoms with Crippen LogP contribution in [-0.4, -0.2) is 13.4 Å². The van der Waals surface area contributed by atoms with Crippen molar-refractivity contribution in [2.24, 2.45) is 0 Å². The van der Waals surface area contributed by atoms with Crippen LogP contribution in [0.4, 0.5) is 0 Å². The topological polar surface area (TPSA) is 49.9 Å². The van der Waals surface area contributed by atoms with E-state index >= 15 is 0 Å². The van der Waals surface area contributed by atoms with Gasteiger partial charge in [0.05, 0.1) is 9.50 Å². The zero-order chi connectivity index (χ0) is 16.3. The molecule has 0 radical (unpaired) electrons. The molecular weight excluding hydrogens is 362 g/mol. The maximum atomic E-state index is 12.9. The number of aryl methyl sites for hydroxylation is 1. The number of benzene rings is 1. The molecule has 2 aromatic rings. The lowest BCUT2D eigenvalue weighted by Crippen LogP contribution is -2.06. The van der Waals surface area contributed by atoms with Gasteiger partial charge in [0.25, 0.3) is 0 Å². The first kappa shape index (κ1) is 17.3. The van der Waals surface area contributed by atoms with Crippen LogP contribution in [0.15, 0.2) is 38.8 Å². The molecule has 0 aliphatic heterocycles. The van der Waals surface area contributed by atoms with Crippen LogP contribution in [0.5, 0.6) is 0 Å². The fraction of sp³-hybridized carbons (Fsp3) is 0.412. The Balaban J connectivity index is 2.46. The van der Waals surface area contributed by atoms with Crippen molar-refractivity contribution in [2.75, 3.05) is 0 Å². The van der Waals surface area contributed by atoms with Gasteiger partial charge < -0.3 is 4.98 Å². The second kappa shape index (κ2) is 7.01. The number of H-pyrrole nitrogens is 1. The molecule has 0 unspecified atom stereocenters. The molecule has 0 aliphatic carbocycles. The lowest BCUT2D eigenvalue weighted by Gasteiger charge is -2.07. The van der Waals surface area contributed by atoms with Crippen molar-refractivity contribution in [3.63, 3.8) is 0 Å². The first-order valence-corrected chi connectivity index (χ1v) is 9.84. The number of nitrogens with one attached hydrogen (secondary N) is 1. The summed E-state index contributed by atoms with van der Waals surface area (Å²) in [6.45, 7) is 6.04. The minimum absolute atomic E-state index is 0.330. The zero-order valence-corrected chi connectivity index (χ0v) is 15.6. The van der Waals surface area contributed by atoms with Gasteiger partial charge in [0.15, 0.2) is 0 Å². The van der Waals surface area contributed by atoms with Crippen molar-refractivity contribution in [2.45, 2.75) is 56.4 Å². The molecule has 0 atom stereocenters. The molecule has 1 heterocycles. The average molecular weight is 384 g/mol. The van der Waals surface area contributed by atoms with Gasteiger partial charge in [-0.2, -0.15) is 0 Å². The van der Waals surface area contributed by atoms with E-state index in [2.05, 4.69) is 27.8 Å². The highest BCUT2D eigenvalue weighted by Crippen LogP contribution is 2.31. The minimum atomic E-state index is -3.51. The molecule has 5 heteroatoms. The Morgan fingerprint density at radius 1 is 1.09 bits per heavy atom. The third kappa shape index (κ3) is 3.46. The Hall–Kier alpha value is -1.07. The number of unbranched alkanes of at least 4 members (excludes halogenated alkanes) is 2. The van der Waals surface area contributed by atoms with Crippen LogP contribution in [0.1, 0.15) is 42.9 Å². The van der Waals surface area contributed by atoms with Gasteiger partial charge >= 0.3 is 0 Å². The number of hydrogen-bond donors (Lipinski definition) is 1. The Labute approximate surface area is 141 Å². The van der Waals surface area contributed by atoms with Gasteiger partial charge in [0, 0.05) is 0 Å². The largest absolute Gasteiger partial charge is 0.340 e. The number of hydrogen-bond acceptors (Lipinski definition) is 2. The molecule has 0 aliphatic rings. The lowest BCUT2D eigenvalue weighted by molar-refractivity contribution is 0.590. The Bertz CT molecular complexity index is 746. The van der Waals surface area contributed by atoms with E-state index < -0.39 is 9.84 Å². The van der Waals surface area contributed by atoms with E-state index in [0.29, 0.717) is 9.92 Å². The predicted octanol–water partition coefficient (Wildman–Crippen LogP) is 4.96. The first-order valence-electron chi connectivity index (χ1n) is 7.56. The van der Waals surface area contributed by atoms with Crippen molar-refractivity contribution >= 4 is 25.8 Å². The summed E-state index contributed by atoms with van der Waals surface area (Å²) in [5.74, 6) is 0. The highest BCUT2D eigenvalue weighted by Gasteiger charge is 2.25. The highest BCUT2D eigenvalue weighted by atomic mass is 79.9. The molecule has 3 nitrogen and oxygen atoms in total. The molecule has 0 spiro atoms. The number of rotatable bonds is 6. The average Bonchev–Trinajstić information content (AvgIpc) is 2.77. The third-order valence-corrected chi connectivity index (χ3v) is 6.48. The van der Waals surface area contributed by atoms with Crippen LogP contribution >= 0.6 is 15.9 Å². The van der Waals surface area contributed by atoms with Crippen molar-refractivity contribution in [3.8, 4) is 0 Å². The van der Waals surface area contributed by atoms with E-state index in [4.69, 9.17) is 0 Å². The molecule has 0 fully saturated rings. The summed E-state index contributed by atoms with van der Waals surface area (Å²) >= 11 is 3.43. The molecule has 120 valence electrons. The summed E-state index contributed by atoms with van der Waals surface area (Å²) in [5.41, 5.74) is 2.94. The number of aromatic amines is 1. The smallest absolute Gasteiger partial charge is 0.222 e. The standard InChI is InChI=1S/C17H22BrNO2S/c1-4-5-6-7-15-13(3)16(18)19-17(15)22(20,21)14-10-8-12(2)9-11-14/h8-11,19H,4-7H2,1-3H3. The summed E-state index contributed by atoms with van der Waals surface area (Å²) < 4.78 is 26.6. The van der Waals surface area contributed by atoms with Crippen molar-refractivity contribution in [1.82, 2.24) is 4.98 Å². The van der Waals surface area contributed by atoms with Crippen LogP contribution in [-0.2, 0) is 16.3 Å². The molecule has 0 amide bonds. The van der Waals surface area contributed by atoms with Gasteiger partial charge in [-0.3, -0.25) is 0 Å². The van der Waals surface area contributed by atoms with Crippen LogP contribution in [0.25, 0.3) is 0 Å². The van der Waals surface area contributed by atoms with Crippen LogP contribution in [0.3, 0.4) is 0 Å². The quantitative estimate of drug-likeness (QED) is 0.716. The van der Waals surface area contributed by atoms with E-state index in [-0.39, 0.29) is 0 Å². The molecule has 0 saturated carbocycles. The van der Waals surface area contributed by atoms with E-state index in [1.807, 2.05) is 26.0 Å². The maximum absolute atomic E-state index is 12.9. The molecule has 1 N–H and O–H groups in total. The summed E-state index contributed by atoms with van der Waals surface area (Å²) in [7, 11) is -3.51. The summed E-state index contributed by atoms with van der Waals surface area (Å²) in [6, 6.07) is 7.00. The molecule has 1 aromatic carbocycles. The molecule has 2 rings (SSSR count). The third-order valence-electron chi connectivity index (χ3n) is 3.91.